The van der Waals surface area contributed by atoms with Crippen LogP contribution in [0.25, 0.3) is 0 Å². The predicted octanol–water partition coefficient (Wildman–Crippen LogP) is 0.926. The van der Waals surface area contributed by atoms with E-state index in [1.54, 1.807) is 6.92 Å². The van der Waals surface area contributed by atoms with Gasteiger partial charge >= 0.3 is 17.9 Å². The molecule has 0 fully saturated rings. The van der Waals surface area contributed by atoms with Crippen LogP contribution in [0.3, 0.4) is 0 Å². The molecule has 0 aliphatic rings. The number of aliphatic carboxylic acids is 1. The van der Waals surface area contributed by atoms with Crippen molar-refractivity contribution in [1.82, 2.24) is 0 Å². The van der Waals surface area contributed by atoms with Crippen LogP contribution in [0.5, 0.6) is 0 Å². The third kappa shape index (κ3) is 7.21. The van der Waals surface area contributed by atoms with Gasteiger partial charge in [-0.15, -0.1) is 0 Å². The molecule has 0 aliphatic heterocycles. The average Bonchev–Trinajstić information content (AvgIpc) is 2.32. The van der Waals surface area contributed by atoms with E-state index in [9.17, 15) is 14.4 Å². The summed E-state index contributed by atoms with van der Waals surface area (Å²) in [6.07, 6.45) is 0.671. The average molecular weight is 256 g/mol. The molecule has 0 saturated heterocycles. The molecule has 6 heteroatoms. The number of carbonyl (C=O) groups is 3. The topological polar surface area (TPSA) is 89.9 Å². The van der Waals surface area contributed by atoms with E-state index in [0.29, 0.717) is 0 Å². The van der Waals surface area contributed by atoms with Gasteiger partial charge in [0.15, 0.2) is 0 Å². The molecule has 0 aliphatic carbocycles. The van der Waals surface area contributed by atoms with Crippen molar-refractivity contribution in [1.29, 1.82) is 0 Å². The van der Waals surface area contributed by atoms with Gasteiger partial charge in [0.1, 0.15) is 0 Å². The normalized spacial score (nSPS) is 11.2. The number of carboxylic acids is 1. The molecule has 0 rings (SSSR count). The quantitative estimate of drug-likeness (QED) is 0.513. The van der Waals surface area contributed by atoms with Gasteiger partial charge in [0, 0.05) is 17.6 Å². The lowest BCUT2D eigenvalue weighted by Gasteiger charge is -2.11. The maximum atomic E-state index is 11.2. The zero-order valence-electron chi connectivity index (χ0n) is 10.2. The third-order valence-corrected chi connectivity index (χ3v) is 1.87. The monoisotopic (exact) mass is 256 g/mol. The van der Waals surface area contributed by atoms with E-state index in [-0.39, 0.29) is 31.1 Å². The van der Waals surface area contributed by atoms with Gasteiger partial charge in [0.25, 0.3) is 0 Å². The van der Waals surface area contributed by atoms with Crippen LogP contribution in [0.1, 0.15) is 13.3 Å². The molecular weight excluding hydrogens is 240 g/mol. The molecule has 0 radical (unpaired) electrons. The first-order valence-corrected chi connectivity index (χ1v) is 5.22. The summed E-state index contributed by atoms with van der Waals surface area (Å²) in [5.41, 5.74) is -0.231. The molecule has 0 aromatic rings. The van der Waals surface area contributed by atoms with E-state index in [4.69, 9.17) is 14.6 Å². The minimum absolute atomic E-state index is 0.0379. The van der Waals surface area contributed by atoms with Crippen molar-refractivity contribution in [3.63, 3.8) is 0 Å². The molecular formula is C12H16O6. The maximum absolute atomic E-state index is 11.2. The summed E-state index contributed by atoms with van der Waals surface area (Å²) in [4.78, 5) is 32.3. The van der Waals surface area contributed by atoms with Gasteiger partial charge in [-0.25, -0.2) is 9.59 Å². The van der Waals surface area contributed by atoms with Crippen LogP contribution >= 0.6 is 0 Å². The Kier molecular flexibility index (Phi) is 7.11. The fourth-order valence-corrected chi connectivity index (χ4v) is 0.868. The van der Waals surface area contributed by atoms with E-state index >= 15 is 0 Å². The van der Waals surface area contributed by atoms with Crippen molar-refractivity contribution >= 4 is 17.9 Å². The summed E-state index contributed by atoms with van der Waals surface area (Å²) >= 11 is 0. The lowest BCUT2D eigenvalue weighted by atomic mass is 10.2. The van der Waals surface area contributed by atoms with Crippen molar-refractivity contribution in [2.24, 2.45) is 5.92 Å². The SMILES string of the molecule is C=CC(=O)OCC(C)COC(=O)CC(=C)C(=O)O. The second-order valence-corrected chi connectivity index (χ2v) is 3.71. The molecule has 0 aromatic carbocycles. The van der Waals surface area contributed by atoms with Crippen molar-refractivity contribution in [2.45, 2.75) is 13.3 Å². The molecule has 6 nitrogen and oxygen atoms in total. The number of ether oxygens (including phenoxy) is 2. The van der Waals surface area contributed by atoms with E-state index in [0.717, 1.165) is 6.08 Å². The summed E-state index contributed by atoms with van der Waals surface area (Å²) in [5, 5.41) is 8.51. The van der Waals surface area contributed by atoms with Crippen molar-refractivity contribution in [2.75, 3.05) is 13.2 Å². The molecule has 0 heterocycles. The van der Waals surface area contributed by atoms with Gasteiger partial charge in [0.2, 0.25) is 0 Å². The number of rotatable bonds is 8. The molecule has 1 unspecified atom stereocenters. The molecule has 100 valence electrons. The number of carboxylic acid groups (broad SMARTS) is 1. The molecule has 0 aromatic heterocycles. The second-order valence-electron chi connectivity index (χ2n) is 3.71. The van der Waals surface area contributed by atoms with E-state index < -0.39 is 17.9 Å². The molecule has 0 bridgehead atoms. The number of esters is 2. The lowest BCUT2D eigenvalue weighted by Crippen LogP contribution is -2.18. The summed E-state index contributed by atoms with van der Waals surface area (Å²) in [6.45, 7) is 8.30. The van der Waals surface area contributed by atoms with Crippen LogP contribution in [0.2, 0.25) is 0 Å². The fraction of sp³-hybridized carbons (Fsp3) is 0.417. The highest BCUT2D eigenvalue weighted by atomic mass is 16.5. The number of carbonyl (C=O) groups excluding carboxylic acids is 2. The zero-order chi connectivity index (χ0) is 14.1. The minimum atomic E-state index is -1.24. The van der Waals surface area contributed by atoms with Gasteiger partial charge in [-0.2, -0.15) is 0 Å². The highest BCUT2D eigenvalue weighted by molar-refractivity contribution is 5.91. The standard InChI is InChI=1S/C12H16O6/c1-4-10(13)17-6-8(2)7-18-11(14)5-9(3)12(15)16/h4,8H,1,3,5-7H2,2H3,(H,15,16). The van der Waals surface area contributed by atoms with Crippen LogP contribution in [-0.2, 0) is 23.9 Å². The largest absolute Gasteiger partial charge is 0.478 e. The van der Waals surface area contributed by atoms with Crippen LogP contribution in [0.4, 0.5) is 0 Å². The Morgan fingerprint density at radius 1 is 1.28 bits per heavy atom. The number of hydrogen-bond donors (Lipinski definition) is 1. The third-order valence-electron chi connectivity index (χ3n) is 1.87. The summed E-state index contributed by atoms with van der Waals surface area (Å²) in [7, 11) is 0. The van der Waals surface area contributed by atoms with E-state index in [1.165, 1.54) is 0 Å². The Balaban J connectivity index is 3.84. The molecule has 0 saturated carbocycles. The Labute approximate surface area is 105 Å². The van der Waals surface area contributed by atoms with E-state index in [1.807, 2.05) is 0 Å². The Bertz CT molecular complexity index is 358. The summed E-state index contributed by atoms with van der Waals surface area (Å²) < 4.78 is 9.55. The Hall–Kier alpha value is -2.11. The lowest BCUT2D eigenvalue weighted by molar-refractivity contribution is -0.147. The fourth-order valence-electron chi connectivity index (χ4n) is 0.868. The van der Waals surface area contributed by atoms with Crippen LogP contribution in [-0.4, -0.2) is 36.2 Å². The van der Waals surface area contributed by atoms with E-state index in [2.05, 4.69) is 13.2 Å². The maximum Gasteiger partial charge on any atom is 0.331 e. The van der Waals surface area contributed by atoms with Crippen molar-refractivity contribution < 1.29 is 29.0 Å². The molecule has 0 amide bonds. The first-order chi connectivity index (χ1) is 8.36. The van der Waals surface area contributed by atoms with Crippen molar-refractivity contribution in [3.05, 3.63) is 24.8 Å². The first-order valence-electron chi connectivity index (χ1n) is 5.22. The molecule has 1 N–H and O–H groups in total. The smallest absolute Gasteiger partial charge is 0.331 e. The predicted molar refractivity (Wildman–Crippen MR) is 62.7 cm³/mol. The highest BCUT2D eigenvalue weighted by Crippen LogP contribution is 2.03. The van der Waals surface area contributed by atoms with Gasteiger partial charge in [-0.05, 0) is 0 Å². The van der Waals surface area contributed by atoms with Crippen LogP contribution in [0.15, 0.2) is 24.8 Å². The van der Waals surface area contributed by atoms with Crippen LogP contribution in [0, 0.1) is 5.92 Å². The van der Waals surface area contributed by atoms with Crippen molar-refractivity contribution in [3.8, 4) is 0 Å². The van der Waals surface area contributed by atoms with Crippen LogP contribution < -0.4 is 0 Å². The summed E-state index contributed by atoms with van der Waals surface area (Å²) in [5.74, 6) is -2.65. The minimum Gasteiger partial charge on any atom is -0.478 e. The van der Waals surface area contributed by atoms with Gasteiger partial charge < -0.3 is 14.6 Å². The molecule has 0 spiro atoms. The van der Waals surface area contributed by atoms with Gasteiger partial charge in [-0.3, -0.25) is 4.79 Å². The molecule has 1 atom stereocenters. The first kappa shape index (κ1) is 15.9. The Morgan fingerprint density at radius 2 is 1.83 bits per heavy atom. The molecule has 18 heavy (non-hydrogen) atoms. The zero-order valence-corrected chi connectivity index (χ0v) is 10.2. The Morgan fingerprint density at radius 3 is 2.33 bits per heavy atom. The summed E-state index contributed by atoms with van der Waals surface area (Å²) in [6, 6.07) is 0. The highest BCUT2D eigenvalue weighted by Gasteiger charge is 2.13. The van der Waals surface area contributed by atoms with Gasteiger partial charge in [-0.1, -0.05) is 20.1 Å². The van der Waals surface area contributed by atoms with Gasteiger partial charge in [0.05, 0.1) is 19.6 Å². The number of hydrogen-bond acceptors (Lipinski definition) is 5. The second kappa shape index (κ2) is 8.05.